The normalized spacial score (nSPS) is 11.3. The Balaban J connectivity index is 2.24. The minimum atomic E-state index is -4.34. The molecule has 0 radical (unpaired) electrons. The molecule has 0 fully saturated rings. The second-order valence-corrected chi connectivity index (χ2v) is 5.59. The van der Waals surface area contributed by atoms with Gasteiger partial charge in [-0.15, -0.1) is 0 Å². The van der Waals surface area contributed by atoms with Crippen LogP contribution in [0.4, 0.5) is 18.9 Å². The van der Waals surface area contributed by atoms with E-state index >= 15 is 0 Å². The molecule has 7 heteroatoms. The van der Waals surface area contributed by atoms with Crippen molar-refractivity contribution in [1.29, 1.82) is 0 Å². The number of aromatic nitrogens is 1. The Morgan fingerprint density at radius 3 is 2.55 bits per heavy atom. The van der Waals surface area contributed by atoms with Crippen LogP contribution >= 0.6 is 11.8 Å². The van der Waals surface area contributed by atoms with Crippen molar-refractivity contribution in [1.82, 2.24) is 4.98 Å². The minimum Gasteiger partial charge on any atom is -0.473 e. The fraction of sp³-hybridized carbons (Fsp3) is 0.267. The highest BCUT2D eigenvalue weighted by Crippen LogP contribution is 2.40. The van der Waals surface area contributed by atoms with Gasteiger partial charge in [0.2, 0.25) is 5.88 Å². The van der Waals surface area contributed by atoms with Crippen LogP contribution in [-0.2, 0) is 6.61 Å². The van der Waals surface area contributed by atoms with Gasteiger partial charge in [0.05, 0.1) is 0 Å². The quantitative estimate of drug-likeness (QED) is 0.812. The van der Waals surface area contributed by atoms with E-state index in [2.05, 4.69) is 10.3 Å². The van der Waals surface area contributed by atoms with Gasteiger partial charge in [-0.25, -0.2) is 4.98 Å². The number of rotatable bonds is 5. The Labute approximate surface area is 130 Å². The number of halogens is 3. The van der Waals surface area contributed by atoms with Crippen molar-refractivity contribution in [3.8, 4) is 5.88 Å². The van der Waals surface area contributed by atoms with Crippen LogP contribution in [0.5, 0.6) is 5.88 Å². The summed E-state index contributed by atoms with van der Waals surface area (Å²) in [4.78, 5) is 4.29. The molecule has 0 aliphatic rings. The summed E-state index contributed by atoms with van der Waals surface area (Å²) in [5.41, 5.74) is -2.51. The van der Waals surface area contributed by atoms with Gasteiger partial charge in [0.25, 0.3) is 0 Å². The summed E-state index contributed by atoms with van der Waals surface area (Å²) in [7, 11) is 1.66. The zero-order valence-corrected chi connectivity index (χ0v) is 12.9. The van der Waals surface area contributed by atoms with E-state index in [9.17, 15) is 13.2 Å². The number of alkyl halides is 3. The predicted octanol–water partition coefficient (Wildman–Crippen LogP) is 4.62. The molecule has 2 rings (SSSR count). The van der Waals surface area contributed by atoms with Gasteiger partial charge in [0.15, 0.2) is 0 Å². The maximum atomic E-state index is 12.7. The molecular formula is C15H15F3N2OS. The lowest BCUT2D eigenvalue weighted by molar-refractivity contribution is -0.0328. The highest BCUT2D eigenvalue weighted by Gasteiger charge is 2.31. The van der Waals surface area contributed by atoms with Gasteiger partial charge in [-0.1, -0.05) is 12.1 Å². The molecule has 0 atom stereocenters. The molecular weight excluding hydrogens is 313 g/mol. The van der Waals surface area contributed by atoms with Crippen molar-refractivity contribution in [3.05, 3.63) is 47.7 Å². The standard InChI is InChI=1S/C15H15F3N2OS/c1-10-5-3-8-14(20-10)21-9-11-12(19-2)6-4-7-13(11)22-15(16,17)18/h3-8,19H,9H2,1-2H3. The largest absolute Gasteiger partial charge is 0.473 e. The van der Waals surface area contributed by atoms with Crippen molar-refractivity contribution in [3.63, 3.8) is 0 Å². The number of hydrogen-bond donors (Lipinski definition) is 1. The van der Waals surface area contributed by atoms with Crippen LogP contribution in [0.25, 0.3) is 0 Å². The Morgan fingerprint density at radius 1 is 1.18 bits per heavy atom. The Hall–Kier alpha value is -1.89. The molecule has 1 aromatic heterocycles. The van der Waals surface area contributed by atoms with E-state index in [0.29, 0.717) is 17.1 Å². The number of nitrogens with one attached hydrogen (secondary N) is 1. The third-order valence-electron chi connectivity index (χ3n) is 2.86. The Morgan fingerprint density at radius 2 is 1.91 bits per heavy atom. The van der Waals surface area contributed by atoms with Crippen LogP contribution in [0.3, 0.4) is 0 Å². The minimum absolute atomic E-state index is 0.00583. The first-order valence-corrected chi connectivity index (χ1v) is 7.32. The first kappa shape index (κ1) is 16.5. The van der Waals surface area contributed by atoms with Gasteiger partial charge in [-0.2, -0.15) is 13.2 Å². The monoisotopic (exact) mass is 328 g/mol. The van der Waals surface area contributed by atoms with Crippen molar-refractivity contribution in [2.24, 2.45) is 0 Å². The maximum absolute atomic E-state index is 12.7. The van der Waals surface area contributed by atoms with Crippen LogP contribution in [0.15, 0.2) is 41.3 Å². The van der Waals surface area contributed by atoms with E-state index in [4.69, 9.17) is 4.74 Å². The van der Waals surface area contributed by atoms with E-state index in [1.807, 2.05) is 13.0 Å². The molecule has 1 heterocycles. The number of hydrogen-bond acceptors (Lipinski definition) is 4. The van der Waals surface area contributed by atoms with Gasteiger partial charge >= 0.3 is 5.51 Å². The third-order valence-corrected chi connectivity index (χ3v) is 3.69. The van der Waals surface area contributed by atoms with E-state index in [1.165, 1.54) is 6.07 Å². The topological polar surface area (TPSA) is 34.1 Å². The molecule has 1 N–H and O–H groups in total. The van der Waals surface area contributed by atoms with Gasteiger partial charge in [0, 0.05) is 35.0 Å². The third kappa shape index (κ3) is 4.56. The van der Waals surface area contributed by atoms with Gasteiger partial charge < -0.3 is 10.1 Å². The number of thioether (sulfide) groups is 1. The molecule has 0 amide bonds. The first-order valence-electron chi connectivity index (χ1n) is 6.51. The molecule has 22 heavy (non-hydrogen) atoms. The average molecular weight is 328 g/mol. The highest BCUT2D eigenvalue weighted by molar-refractivity contribution is 8.00. The summed E-state index contributed by atoms with van der Waals surface area (Å²) in [5, 5.41) is 2.89. The van der Waals surface area contributed by atoms with Crippen LogP contribution < -0.4 is 10.1 Å². The Kier molecular flexibility index (Phi) is 5.18. The molecule has 2 aromatic rings. The van der Waals surface area contributed by atoms with Gasteiger partial charge in [-0.05, 0) is 36.9 Å². The predicted molar refractivity (Wildman–Crippen MR) is 81.2 cm³/mol. The van der Waals surface area contributed by atoms with E-state index in [-0.39, 0.29) is 23.3 Å². The first-order chi connectivity index (χ1) is 10.4. The molecule has 0 bridgehead atoms. The van der Waals surface area contributed by atoms with Crippen molar-refractivity contribution >= 4 is 17.4 Å². The molecule has 0 saturated carbocycles. The summed E-state index contributed by atoms with van der Waals surface area (Å²) < 4.78 is 43.5. The van der Waals surface area contributed by atoms with Crippen molar-refractivity contribution in [2.75, 3.05) is 12.4 Å². The van der Waals surface area contributed by atoms with Crippen molar-refractivity contribution in [2.45, 2.75) is 23.9 Å². The number of anilines is 1. The lowest BCUT2D eigenvalue weighted by atomic mass is 10.2. The number of aryl methyl sites for hydroxylation is 1. The summed E-state index contributed by atoms with van der Waals surface area (Å²) in [5.74, 6) is 0.383. The second-order valence-electron chi connectivity index (χ2n) is 4.49. The van der Waals surface area contributed by atoms with Crippen molar-refractivity contribution < 1.29 is 17.9 Å². The lowest BCUT2D eigenvalue weighted by Gasteiger charge is -2.16. The fourth-order valence-corrected chi connectivity index (χ4v) is 2.60. The number of ether oxygens (including phenoxy) is 1. The summed E-state index contributed by atoms with van der Waals surface area (Å²) in [6.45, 7) is 1.82. The average Bonchev–Trinajstić information content (AvgIpc) is 2.44. The van der Waals surface area contributed by atoms with Crippen LogP contribution in [0.2, 0.25) is 0 Å². The van der Waals surface area contributed by atoms with Gasteiger partial charge in [0.1, 0.15) is 6.61 Å². The number of benzene rings is 1. The molecule has 0 saturated heterocycles. The van der Waals surface area contributed by atoms with E-state index in [0.717, 1.165) is 5.69 Å². The Bertz CT molecular complexity index is 647. The summed E-state index contributed by atoms with van der Waals surface area (Å²) in [6, 6.07) is 10.00. The van der Waals surface area contributed by atoms with Crippen LogP contribution in [0.1, 0.15) is 11.3 Å². The molecule has 3 nitrogen and oxygen atoms in total. The van der Waals surface area contributed by atoms with E-state index < -0.39 is 5.51 Å². The van der Waals surface area contributed by atoms with Crippen LogP contribution in [-0.4, -0.2) is 17.5 Å². The number of nitrogens with zero attached hydrogens (tertiary/aromatic N) is 1. The summed E-state index contributed by atoms with van der Waals surface area (Å²) in [6.07, 6.45) is 0. The fourth-order valence-electron chi connectivity index (χ4n) is 1.91. The highest BCUT2D eigenvalue weighted by atomic mass is 32.2. The molecule has 1 aromatic carbocycles. The summed E-state index contributed by atoms with van der Waals surface area (Å²) >= 11 is -0.145. The zero-order valence-electron chi connectivity index (χ0n) is 12.1. The number of pyridine rings is 1. The van der Waals surface area contributed by atoms with E-state index in [1.54, 1.807) is 31.3 Å². The van der Waals surface area contributed by atoms with Gasteiger partial charge in [-0.3, -0.25) is 0 Å². The zero-order chi connectivity index (χ0) is 16.2. The second kappa shape index (κ2) is 6.91. The molecule has 0 spiro atoms. The smallest absolute Gasteiger partial charge is 0.446 e. The van der Waals surface area contributed by atoms with Crippen LogP contribution in [0, 0.1) is 6.92 Å². The SMILES string of the molecule is CNc1cccc(SC(F)(F)F)c1COc1cccc(C)n1. The molecule has 118 valence electrons. The molecule has 0 aliphatic carbocycles. The molecule has 0 aliphatic heterocycles. The lowest BCUT2D eigenvalue weighted by Crippen LogP contribution is -2.06. The maximum Gasteiger partial charge on any atom is 0.446 e. The molecule has 0 unspecified atom stereocenters.